The molecule has 3 aromatic rings. The van der Waals surface area contributed by atoms with Gasteiger partial charge >= 0.3 is 0 Å². The minimum Gasteiger partial charge on any atom is -0.484 e. The van der Waals surface area contributed by atoms with E-state index >= 15 is 0 Å². The fourth-order valence-electron chi connectivity index (χ4n) is 2.93. The van der Waals surface area contributed by atoms with Crippen LogP contribution in [0.5, 0.6) is 5.75 Å². The van der Waals surface area contributed by atoms with Crippen molar-refractivity contribution in [2.24, 2.45) is 0 Å². The van der Waals surface area contributed by atoms with Gasteiger partial charge in [0.2, 0.25) is 0 Å². The lowest BCUT2D eigenvalue weighted by Gasteiger charge is -2.23. The van der Waals surface area contributed by atoms with Crippen molar-refractivity contribution in [1.29, 1.82) is 0 Å². The Labute approximate surface area is 161 Å². The molecule has 0 atom stereocenters. The number of ether oxygens (including phenoxy) is 1. The Morgan fingerprint density at radius 3 is 1.89 bits per heavy atom. The van der Waals surface area contributed by atoms with E-state index in [9.17, 15) is 4.79 Å². The Hall–Kier alpha value is -3.07. The summed E-state index contributed by atoms with van der Waals surface area (Å²) < 4.78 is 5.78. The zero-order valence-corrected chi connectivity index (χ0v) is 15.7. The predicted octanol–water partition coefficient (Wildman–Crippen LogP) is 4.86. The van der Waals surface area contributed by atoms with Crippen LogP contribution in [-0.2, 0) is 24.3 Å². The molecule has 1 amide bonds. The van der Waals surface area contributed by atoms with E-state index in [-0.39, 0.29) is 12.5 Å². The number of amides is 1. The third-order valence-electron chi connectivity index (χ3n) is 4.45. The number of hydrogen-bond donors (Lipinski definition) is 0. The smallest absolute Gasteiger partial charge is 0.261 e. The van der Waals surface area contributed by atoms with Crippen LogP contribution in [-0.4, -0.2) is 17.4 Å². The minimum atomic E-state index is -0.0235. The van der Waals surface area contributed by atoms with Crippen molar-refractivity contribution < 1.29 is 9.53 Å². The molecule has 0 N–H and O–H groups in total. The number of aryl methyl sites for hydroxylation is 1. The van der Waals surface area contributed by atoms with Crippen LogP contribution in [0, 0.1) is 0 Å². The standard InChI is InChI=1S/C24H25NO2/c1-2-20-14-9-15-23(16-20)27-19-24(26)25(17-21-10-5-3-6-11-21)18-22-12-7-4-8-13-22/h3-16H,2,17-19H2,1H3. The van der Waals surface area contributed by atoms with Crippen LogP contribution in [0.2, 0.25) is 0 Å². The lowest BCUT2D eigenvalue weighted by Crippen LogP contribution is -2.34. The molecule has 3 nitrogen and oxygen atoms in total. The summed E-state index contributed by atoms with van der Waals surface area (Å²) in [6.45, 7) is 3.26. The van der Waals surface area contributed by atoms with Crippen molar-refractivity contribution in [3.63, 3.8) is 0 Å². The molecule has 0 saturated heterocycles. The quantitative estimate of drug-likeness (QED) is 0.575. The van der Waals surface area contributed by atoms with Gasteiger partial charge in [-0.05, 0) is 35.2 Å². The molecule has 3 rings (SSSR count). The van der Waals surface area contributed by atoms with E-state index < -0.39 is 0 Å². The van der Waals surface area contributed by atoms with Gasteiger partial charge in [-0.1, -0.05) is 79.7 Å². The van der Waals surface area contributed by atoms with E-state index in [2.05, 4.69) is 13.0 Å². The lowest BCUT2D eigenvalue weighted by atomic mass is 10.1. The third-order valence-corrected chi connectivity index (χ3v) is 4.45. The van der Waals surface area contributed by atoms with Gasteiger partial charge in [0.15, 0.2) is 6.61 Å². The van der Waals surface area contributed by atoms with E-state index in [0.29, 0.717) is 13.1 Å². The van der Waals surface area contributed by atoms with Crippen molar-refractivity contribution in [2.45, 2.75) is 26.4 Å². The second kappa shape index (κ2) is 9.58. The van der Waals surface area contributed by atoms with E-state index in [4.69, 9.17) is 4.74 Å². The first-order chi connectivity index (χ1) is 13.2. The number of benzene rings is 3. The monoisotopic (exact) mass is 359 g/mol. The Balaban J connectivity index is 1.69. The molecular weight excluding hydrogens is 334 g/mol. The number of carbonyl (C=O) groups excluding carboxylic acids is 1. The summed E-state index contributed by atoms with van der Waals surface area (Å²) in [7, 11) is 0. The van der Waals surface area contributed by atoms with E-state index in [0.717, 1.165) is 23.3 Å². The van der Waals surface area contributed by atoms with Crippen LogP contribution in [0.25, 0.3) is 0 Å². The summed E-state index contributed by atoms with van der Waals surface area (Å²) in [6.07, 6.45) is 0.944. The molecule has 3 heteroatoms. The highest BCUT2D eigenvalue weighted by molar-refractivity contribution is 5.77. The van der Waals surface area contributed by atoms with Crippen molar-refractivity contribution in [3.8, 4) is 5.75 Å². The van der Waals surface area contributed by atoms with Crippen molar-refractivity contribution in [3.05, 3.63) is 102 Å². The van der Waals surface area contributed by atoms with E-state index in [1.165, 1.54) is 5.56 Å². The number of hydrogen-bond acceptors (Lipinski definition) is 2. The van der Waals surface area contributed by atoms with Gasteiger partial charge in [0, 0.05) is 13.1 Å². The van der Waals surface area contributed by atoms with E-state index in [1.54, 1.807) is 0 Å². The van der Waals surface area contributed by atoms with Gasteiger partial charge in [0.05, 0.1) is 0 Å². The molecule has 0 saturated carbocycles. The maximum absolute atomic E-state index is 12.9. The van der Waals surface area contributed by atoms with Crippen LogP contribution < -0.4 is 4.74 Å². The maximum Gasteiger partial charge on any atom is 0.261 e. The zero-order chi connectivity index (χ0) is 18.9. The molecule has 0 radical (unpaired) electrons. The highest BCUT2D eigenvalue weighted by atomic mass is 16.5. The molecule has 0 aliphatic heterocycles. The Kier molecular flexibility index (Phi) is 6.64. The van der Waals surface area contributed by atoms with Crippen molar-refractivity contribution >= 4 is 5.91 Å². The molecule has 0 spiro atoms. The Morgan fingerprint density at radius 1 is 0.778 bits per heavy atom. The number of nitrogens with zero attached hydrogens (tertiary/aromatic N) is 1. The summed E-state index contributed by atoms with van der Waals surface area (Å²) in [4.78, 5) is 14.7. The van der Waals surface area contributed by atoms with Crippen LogP contribution in [0.15, 0.2) is 84.9 Å². The first-order valence-corrected chi connectivity index (χ1v) is 9.32. The Morgan fingerprint density at radius 2 is 1.33 bits per heavy atom. The lowest BCUT2D eigenvalue weighted by molar-refractivity contribution is -0.134. The molecule has 0 unspecified atom stereocenters. The first kappa shape index (κ1) is 18.7. The third kappa shape index (κ3) is 5.71. The SMILES string of the molecule is CCc1cccc(OCC(=O)N(Cc2ccccc2)Cc2ccccc2)c1. The predicted molar refractivity (Wildman–Crippen MR) is 108 cm³/mol. The molecule has 0 aromatic heterocycles. The van der Waals surface area contributed by atoms with Crippen LogP contribution in [0.4, 0.5) is 0 Å². The summed E-state index contributed by atoms with van der Waals surface area (Å²) in [6, 6.07) is 28.0. The first-order valence-electron chi connectivity index (χ1n) is 9.32. The zero-order valence-electron chi connectivity index (χ0n) is 15.7. The molecule has 0 bridgehead atoms. The molecule has 0 fully saturated rings. The van der Waals surface area contributed by atoms with Crippen LogP contribution >= 0.6 is 0 Å². The molecule has 0 aliphatic carbocycles. The van der Waals surface area contributed by atoms with Gasteiger partial charge in [0.25, 0.3) is 5.91 Å². The highest BCUT2D eigenvalue weighted by Crippen LogP contribution is 2.15. The number of carbonyl (C=O) groups is 1. The summed E-state index contributed by atoms with van der Waals surface area (Å²) in [5.41, 5.74) is 3.41. The van der Waals surface area contributed by atoms with Crippen LogP contribution in [0.1, 0.15) is 23.6 Å². The van der Waals surface area contributed by atoms with Gasteiger partial charge in [-0.3, -0.25) is 4.79 Å². The van der Waals surface area contributed by atoms with Crippen molar-refractivity contribution in [2.75, 3.05) is 6.61 Å². The summed E-state index contributed by atoms with van der Waals surface area (Å²) in [5.74, 6) is 0.715. The maximum atomic E-state index is 12.9. The van der Waals surface area contributed by atoms with Gasteiger partial charge in [-0.25, -0.2) is 0 Å². The minimum absolute atomic E-state index is 0.0235. The molecule has 0 heterocycles. The molecule has 0 aliphatic rings. The van der Waals surface area contributed by atoms with Crippen LogP contribution in [0.3, 0.4) is 0 Å². The van der Waals surface area contributed by atoms with Gasteiger partial charge in [-0.15, -0.1) is 0 Å². The topological polar surface area (TPSA) is 29.5 Å². The fraction of sp³-hybridized carbons (Fsp3) is 0.208. The van der Waals surface area contributed by atoms with Gasteiger partial charge in [0.1, 0.15) is 5.75 Å². The molecule has 138 valence electrons. The second-order valence-corrected chi connectivity index (χ2v) is 6.51. The molecule has 27 heavy (non-hydrogen) atoms. The molecule has 3 aromatic carbocycles. The normalized spacial score (nSPS) is 10.4. The van der Waals surface area contributed by atoms with Crippen molar-refractivity contribution in [1.82, 2.24) is 4.90 Å². The second-order valence-electron chi connectivity index (χ2n) is 6.51. The van der Waals surface area contributed by atoms with E-state index in [1.807, 2.05) is 83.8 Å². The summed E-state index contributed by atoms with van der Waals surface area (Å²) in [5, 5.41) is 0. The van der Waals surface area contributed by atoms with Gasteiger partial charge < -0.3 is 9.64 Å². The van der Waals surface area contributed by atoms with Gasteiger partial charge in [-0.2, -0.15) is 0 Å². The number of rotatable bonds is 8. The molecular formula is C24H25NO2. The highest BCUT2D eigenvalue weighted by Gasteiger charge is 2.15. The average molecular weight is 359 g/mol. The summed E-state index contributed by atoms with van der Waals surface area (Å²) >= 11 is 0. The average Bonchev–Trinajstić information content (AvgIpc) is 2.73. The Bertz CT molecular complexity index is 805. The largest absolute Gasteiger partial charge is 0.484 e. The fourth-order valence-corrected chi connectivity index (χ4v) is 2.93.